The number of hydrogen-bond acceptors (Lipinski definition) is 5. The van der Waals surface area contributed by atoms with Crippen LogP contribution in [0.3, 0.4) is 0 Å². The minimum Gasteiger partial charge on any atom is -0.495 e. The first-order chi connectivity index (χ1) is 9.69. The highest BCUT2D eigenvalue weighted by Gasteiger charge is 2.09. The number of aryl methyl sites for hydroxylation is 1. The molecule has 0 amide bonds. The number of benzene rings is 1. The summed E-state index contributed by atoms with van der Waals surface area (Å²) < 4.78 is 7.01. The van der Waals surface area contributed by atoms with E-state index in [1.165, 1.54) is 0 Å². The van der Waals surface area contributed by atoms with Gasteiger partial charge in [0.25, 0.3) is 0 Å². The standard InChI is InChI=1S/C14H15N5O/c1-19-12-5-3-4-11(13(12)18-14(19)15)17-9-6-10(20-2)8-16-7-9/h3-8,17H,1-2H3,(H2,15,18). The minimum absolute atomic E-state index is 0.484. The summed E-state index contributed by atoms with van der Waals surface area (Å²) >= 11 is 0. The molecule has 0 atom stereocenters. The fraction of sp³-hybridized carbons (Fsp3) is 0.143. The number of nitrogens with one attached hydrogen (secondary N) is 1. The molecular weight excluding hydrogens is 254 g/mol. The predicted octanol–water partition coefficient (Wildman–Crippen LogP) is 2.30. The van der Waals surface area contributed by atoms with Gasteiger partial charge in [-0.3, -0.25) is 4.98 Å². The summed E-state index contributed by atoms with van der Waals surface area (Å²) in [6.45, 7) is 0. The Hall–Kier alpha value is -2.76. The molecule has 3 rings (SSSR count). The van der Waals surface area contributed by atoms with Gasteiger partial charge in [0.2, 0.25) is 5.95 Å². The van der Waals surface area contributed by atoms with E-state index in [1.54, 1.807) is 19.5 Å². The van der Waals surface area contributed by atoms with Crippen molar-refractivity contribution >= 4 is 28.4 Å². The highest BCUT2D eigenvalue weighted by Crippen LogP contribution is 2.27. The Kier molecular flexibility index (Phi) is 2.90. The van der Waals surface area contributed by atoms with Crippen LogP contribution in [0, 0.1) is 0 Å². The molecule has 0 aliphatic rings. The van der Waals surface area contributed by atoms with Crippen molar-refractivity contribution in [3.63, 3.8) is 0 Å². The van der Waals surface area contributed by atoms with Crippen LogP contribution in [-0.4, -0.2) is 21.6 Å². The Labute approximate surface area is 116 Å². The molecule has 6 nitrogen and oxygen atoms in total. The van der Waals surface area contributed by atoms with Gasteiger partial charge in [-0.2, -0.15) is 0 Å². The second kappa shape index (κ2) is 4.73. The van der Waals surface area contributed by atoms with Gasteiger partial charge in [0.05, 0.1) is 36.4 Å². The molecule has 2 heterocycles. The van der Waals surface area contributed by atoms with Crippen molar-refractivity contribution in [2.24, 2.45) is 7.05 Å². The number of anilines is 3. The molecule has 0 saturated carbocycles. The van der Waals surface area contributed by atoms with Crippen LogP contribution in [0.4, 0.5) is 17.3 Å². The van der Waals surface area contributed by atoms with Gasteiger partial charge in [-0.15, -0.1) is 0 Å². The lowest BCUT2D eigenvalue weighted by atomic mass is 10.2. The maximum atomic E-state index is 5.85. The van der Waals surface area contributed by atoms with Gasteiger partial charge in [0, 0.05) is 13.1 Å². The first-order valence-corrected chi connectivity index (χ1v) is 6.16. The number of rotatable bonds is 3. The zero-order valence-corrected chi connectivity index (χ0v) is 11.3. The Balaban J connectivity index is 2.04. The van der Waals surface area contributed by atoms with Crippen LogP contribution in [0.5, 0.6) is 5.75 Å². The molecule has 0 aliphatic heterocycles. The van der Waals surface area contributed by atoms with Crippen molar-refractivity contribution in [3.05, 3.63) is 36.7 Å². The van der Waals surface area contributed by atoms with Crippen molar-refractivity contribution in [2.75, 3.05) is 18.2 Å². The number of nitrogens with two attached hydrogens (primary N) is 1. The minimum atomic E-state index is 0.484. The normalized spacial score (nSPS) is 10.7. The Morgan fingerprint density at radius 1 is 1.30 bits per heavy atom. The molecule has 6 heteroatoms. The number of imidazole rings is 1. The van der Waals surface area contributed by atoms with Crippen LogP contribution in [0.1, 0.15) is 0 Å². The summed E-state index contributed by atoms with van der Waals surface area (Å²) in [6, 6.07) is 7.76. The second-order valence-electron chi connectivity index (χ2n) is 4.44. The van der Waals surface area contributed by atoms with Crippen molar-refractivity contribution in [3.8, 4) is 5.75 Å². The zero-order valence-electron chi connectivity index (χ0n) is 11.3. The highest BCUT2D eigenvalue weighted by atomic mass is 16.5. The Morgan fingerprint density at radius 2 is 2.15 bits per heavy atom. The van der Waals surface area contributed by atoms with E-state index in [1.807, 2.05) is 35.9 Å². The molecule has 0 spiro atoms. The molecular formula is C14H15N5O. The van der Waals surface area contributed by atoms with E-state index in [9.17, 15) is 0 Å². The Bertz CT molecular complexity index is 765. The molecule has 3 aromatic rings. The maximum Gasteiger partial charge on any atom is 0.201 e. The van der Waals surface area contributed by atoms with Crippen LogP contribution in [0.15, 0.2) is 36.7 Å². The maximum absolute atomic E-state index is 5.85. The van der Waals surface area contributed by atoms with Gasteiger partial charge in [0.15, 0.2) is 0 Å². The summed E-state index contributed by atoms with van der Waals surface area (Å²) in [5.74, 6) is 1.18. The average Bonchev–Trinajstić information content (AvgIpc) is 2.76. The van der Waals surface area contributed by atoms with E-state index in [0.717, 1.165) is 22.4 Å². The lowest BCUT2D eigenvalue weighted by Crippen LogP contribution is -1.95. The third-order valence-corrected chi connectivity index (χ3v) is 3.17. The van der Waals surface area contributed by atoms with Gasteiger partial charge in [-0.05, 0) is 12.1 Å². The molecule has 102 valence electrons. The van der Waals surface area contributed by atoms with E-state index in [4.69, 9.17) is 10.5 Å². The quantitative estimate of drug-likeness (QED) is 0.762. The summed E-state index contributed by atoms with van der Waals surface area (Å²) in [4.78, 5) is 8.49. The molecule has 1 aromatic carbocycles. The Morgan fingerprint density at radius 3 is 2.95 bits per heavy atom. The summed E-state index contributed by atoms with van der Waals surface area (Å²) in [7, 11) is 3.50. The van der Waals surface area contributed by atoms with Crippen LogP contribution in [-0.2, 0) is 7.05 Å². The van der Waals surface area contributed by atoms with Gasteiger partial charge < -0.3 is 20.4 Å². The lowest BCUT2D eigenvalue weighted by Gasteiger charge is -2.08. The van der Waals surface area contributed by atoms with E-state index in [-0.39, 0.29) is 0 Å². The van der Waals surface area contributed by atoms with Crippen LogP contribution >= 0.6 is 0 Å². The number of nitrogens with zero attached hydrogens (tertiary/aromatic N) is 3. The summed E-state index contributed by atoms with van der Waals surface area (Å²) in [5.41, 5.74) is 9.37. The third-order valence-electron chi connectivity index (χ3n) is 3.17. The largest absolute Gasteiger partial charge is 0.495 e. The summed E-state index contributed by atoms with van der Waals surface area (Å²) in [6.07, 6.45) is 3.39. The number of ether oxygens (including phenoxy) is 1. The second-order valence-corrected chi connectivity index (χ2v) is 4.44. The van der Waals surface area contributed by atoms with E-state index in [0.29, 0.717) is 11.7 Å². The van der Waals surface area contributed by atoms with Gasteiger partial charge in [0.1, 0.15) is 11.3 Å². The zero-order chi connectivity index (χ0) is 14.1. The molecule has 20 heavy (non-hydrogen) atoms. The molecule has 0 unspecified atom stereocenters. The van der Waals surface area contributed by atoms with Crippen molar-refractivity contribution in [1.82, 2.24) is 14.5 Å². The van der Waals surface area contributed by atoms with Gasteiger partial charge in [-0.25, -0.2) is 4.98 Å². The van der Waals surface area contributed by atoms with E-state index < -0.39 is 0 Å². The van der Waals surface area contributed by atoms with Crippen LogP contribution in [0.2, 0.25) is 0 Å². The number of pyridine rings is 1. The highest BCUT2D eigenvalue weighted by molar-refractivity contribution is 5.92. The van der Waals surface area contributed by atoms with E-state index >= 15 is 0 Å². The molecule has 0 saturated heterocycles. The first kappa shape index (κ1) is 12.3. The van der Waals surface area contributed by atoms with Crippen molar-refractivity contribution < 1.29 is 4.74 Å². The average molecular weight is 269 g/mol. The topological polar surface area (TPSA) is 78.0 Å². The number of nitrogen functional groups attached to an aromatic ring is 1. The smallest absolute Gasteiger partial charge is 0.201 e. The molecule has 0 fully saturated rings. The van der Waals surface area contributed by atoms with E-state index in [2.05, 4.69) is 15.3 Å². The third kappa shape index (κ3) is 2.01. The molecule has 3 N–H and O–H groups in total. The number of hydrogen-bond donors (Lipinski definition) is 2. The number of fused-ring (bicyclic) bond motifs is 1. The molecule has 2 aromatic heterocycles. The molecule has 0 aliphatic carbocycles. The lowest BCUT2D eigenvalue weighted by molar-refractivity contribution is 0.413. The van der Waals surface area contributed by atoms with Crippen LogP contribution < -0.4 is 15.8 Å². The van der Waals surface area contributed by atoms with Crippen LogP contribution in [0.25, 0.3) is 11.0 Å². The SMILES string of the molecule is COc1cncc(Nc2cccc3c2nc(N)n3C)c1. The monoisotopic (exact) mass is 269 g/mol. The van der Waals surface area contributed by atoms with Gasteiger partial charge in [-0.1, -0.05) is 6.07 Å². The number of para-hydroxylation sites is 1. The summed E-state index contributed by atoms with van der Waals surface area (Å²) in [5, 5.41) is 3.29. The number of aromatic nitrogens is 3. The fourth-order valence-corrected chi connectivity index (χ4v) is 2.09. The molecule has 0 bridgehead atoms. The van der Waals surface area contributed by atoms with Crippen molar-refractivity contribution in [1.29, 1.82) is 0 Å². The first-order valence-electron chi connectivity index (χ1n) is 6.16. The fourth-order valence-electron chi connectivity index (χ4n) is 2.09. The molecule has 0 radical (unpaired) electrons. The number of methoxy groups -OCH3 is 1. The van der Waals surface area contributed by atoms with Gasteiger partial charge >= 0.3 is 0 Å². The van der Waals surface area contributed by atoms with Crippen molar-refractivity contribution in [2.45, 2.75) is 0 Å². The predicted molar refractivity (Wildman–Crippen MR) is 79.2 cm³/mol.